The molecule has 0 N–H and O–H groups in total. The molecule has 0 unspecified atom stereocenters. The molecule has 0 bridgehead atoms. The zero-order chi connectivity index (χ0) is 13.8. The highest BCUT2D eigenvalue weighted by Crippen LogP contribution is 2.18. The van der Waals surface area contributed by atoms with Crippen molar-refractivity contribution in [3.63, 3.8) is 0 Å². The lowest BCUT2D eigenvalue weighted by atomic mass is 10.1. The Kier molecular flexibility index (Phi) is 4.23. The summed E-state index contributed by atoms with van der Waals surface area (Å²) in [5.74, 6) is 0.292. The molecule has 2 nitrogen and oxygen atoms in total. The summed E-state index contributed by atoms with van der Waals surface area (Å²) < 4.78 is 5.31. The standard InChI is InChI=1S/C16H15ClO2/c1-11-4-3-5-15(8-11)19-16(18)10-13-9-14(17)7-6-12(13)2/h3-9H,10H2,1-2H3. The Labute approximate surface area is 118 Å². The zero-order valence-electron chi connectivity index (χ0n) is 10.9. The summed E-state index contributed by atoms with van der Waals surface area (Å²) in [5, 5.41) is 0.629. The predicted molar refractivity (Wildman–Crippen MR) is 76.7 cm³/mol. The lowest BCUT2D eigenvalue weighted by Gasteiger charge is -2.07. The number of hydrogen-bond donors (Lipinski definition) is 0. The minimum Gasteiger partial charge on any atom is -0.426 e. The average Bonchev–Trinajstić information content (AvgIpc) is 2.34. The number of ether oxygens (including phenoxy) is 1. The highest BCUT2D eigenvalue weighted by atomic mass is 35.5. The lowest BCUT2D eigenvalue weighted by molar-refractivity contribution is -0.133. The number of rotatable bonds is 3. The highest BCUT2D eigenvalue weighted by Gasteiger charge is 2.09. The Hall–Kier alpha value is -1.80. The van der Waals surface area contributed by atoms with E-state index in [1.54, 1.807) is 12.1 Å². The number of halogens is 1. The SMILES string of the molecule is Cc1cccc(OC(=O)Cc2cc(Cl)ccc2C)c1. The van der Waals surface area contributed by atoms with Crippen LogP contribution in [0, 0.1) is 13.8 Å². The van der Waals surface area contributed by atoms with Crippen molar-refractivity contribution in [2.45, 2.75) is 20.3 Å². The van der Waals surface area contributed by atoms with E-state index in [4.69, 9.17) is 16.3 Å². The quantitative estimate of drug-likeness (QED) is 0.622. The topological polar surface area (TPSA) is 26.3 Å². The van der Waals surface area contributed by atoms with Gasteiger partial charge >= 0.3 is 5.97 Å². The number of aryl methyl sites for hydroxylation is 2. The summed E-state index contributed by atoms with van der Waals surface area (Å²) in [4.78, 5) is 11.9. The maximum atomic E-state index is 11.9. The molecule has 0 aliphatic heterocycles. The van der Waals surface area contributed by atoms with Crippen LogP contribution < -0.4 is 4.74 Å². The van der Waals surface area contributed by atoms with Crippen molar-refractivity contribution in [1.29, 1.82) is 0 Å². The van der Waals surface area contributed by atoms with Crippen LogP contribution in [0.3, 0.4) is 0 Å². The van der Waals surface area contributed by atoms with Crippen molar-refractivity contribution in [3.8, 4) is 5.75 Å². The van der Waals surface area contributed by atoms with E-state index in [1.807, 2.05) is 44.2 Å². The Bertz CT molecular complexity index is 605. The van der Waals surface area contributed by atoms with Gasteiger partial charge in [0.25, 0.3) is 0 Å². The Morgan fingerprint density at radius 2 is 1.95 bits per heavy atom. The van der Waals surface area contributed by atoms with Gasteiger partial charge in [-0.3, -0.25) is 4.79 Å². The molecule has 19 heavy (non-hydrogen) atoms. The lowest BCUT2D eigenvalue weighted by Crippen LogP contribution is -2.12. The van der Waals surface area contributed by atoms with Crippen LogP contribution in [0.1, 0.15) is 16.7 Å². The van der Waals surface area contributed by atoms with Gasteiger partial charge < -0.3 is 4.74 Å². The molecular weight excluding hydrogens is 260 g/mol. The number of carbonyl (C=O) groups is 1. The van der Waals surface area contributed by atoms with Crippen LogP contribution in [0.15, 0.2) is 42.5 Å². The van der Waals surface area contributed by atoms with Crippen LogP contribution in [0.5, 0.6) is 5.75 Å². The number of carbonyl (C=O) groups excluding carboxylic acids is 1. The van der Waals surface area contributed by atoms with E-state index in [1.165, 1.54) is 0 Å². The molecule has 2 rings (SSSR count). The molecule has 3 heteroatoms. The van der Waals surface area contributed by atoms with E-state index < -0.39 is 0 Å². The van der Waals surface area contributed by atoms with Gasteiger partial charge in [0.05, 0.1) is 6.42 Å². The minimum atomic E-state index is -0.282. The summed E-state index contributed by atoms with van der Waals surface area (Å²) in [5.41, 5.74) is 2.99. The Balaban J connectivity index is 2.07. The van der Waals surface area contributed by atoms with Crippen molar-refractivity contribution < 1.29 is 9.53 Å². The van der Waals surface area contributed by atoms with Crippen LogP contribution in [0.2, 0.25) is 5.02 Å². The molecule has 0 atom stereocenters. The van der Waals surface area contributed by atoms with E-state index in [0.717, 1.165) is 16.7 Å². The third-order valence-electron chi connectivity index (χ3n) is 2.87. The van der Waals surface area contributed by atoms with E-state index in [0.29, 0.717) is 10.8 Å². The van der Waals surface area contributed by atoms with Gasteiger partial charge in [0, 0.05) is 5.02 Å². The summed E-state index contributed by atoms with van der Waals surface area (Å²) in [6.07, 6.45) is 0.223. The van der Waals surface area contributed by atoms with E-state index in [2.05, 4.69) is 0 Å². The summed E-state index contributed by atoms with van der Waals surface area (Å²) in [6.45, 7) is 3.91. The van der Waals surface area contributed by atoms with Gasteiger partial charge in [0.15, 0.2) is 0 Å². The second kappa shape index (κ2) is 5.89. The summed E-state index contributed by atoms with van der Waals surface area (Å²) >= 11 is 5.93. The Morgan fingerprint density at radius 1 is 1.16 bits per heavy atom. The molecular formula is C16H15ClO2. The van der Waals surface area contributed by atoms with Crippen LogP contribution >= 0.6 is 11.6 Å². The van der Waals surface area contributed by atoms with E-state index in [-0.39, 0.29) is 12.4 Å². The van der Waals surface area contributed by atoms with Crippen LogP contribution in [0.25, 0.3) is 0 Å². The fourth-order valence-corrected chi connectivity index (χ4v) is 2.03. The predicted octanol–water partition coefficient (Wildman–Crippen LogP) is 4.10. The zero-order valence-corrected chi connectivity index (χ0v) is 11.7. The van der Waals surface area contributed by atoms with Gasteiger partial charge in [-0.2, -0.15) is 0 Å². The van der Waals surface area contributed by atoms with Gasteiger partial charge in [-0.05, 0) is 54.8 Å². The first-order chi connectivity index (χ1) is 9.04. The van der Waals surface area contributed by atoms with Crippen LogP contribution in [0.4, 0.5) is 0 Å². The van der Waals surface area contributed by atoms with Gasteiger partial charge in [0.2, 0.25) is 0 Å². The second-order valence-corrected chi connectivity index (χ2v) is 4.97. The summed E-state index contributed by atoms with van der Waals surface area (Å²) in [7, 11) is 0. The van der Waals surface area contributed by atoms with Gasteiger partial charge in [-0.1, -0.05) is 29.8 Å². The largest absolute Gasteiger partial charge is 0.426 e. The molecule has 0 heterocycles. The van der Waals surface area contributed by atoms with E-state index >= 15 is 0 Å². The number of esters is 1. The fraction of sp³-hybridized carbons (Fsp3) is 0.188. The molecule has 0 aliphatic rings. The van der Waals surface area contributed by atoms with Crippen molar-refractivity contribution >= 4 is 17.6 Å². The van der Waals surface area contributed by atoms with E-state index in [9.17, 15) is 4.79 Å². The molecule has 2 aromatic carbocycles. The maximum Gasteiger partial charge on any atom is 0.315 e. The number of benzene rings is 2. The molecule has 0 spiro atoms. The van der Waals surface area contributed by atoms with Crippen molar-refractivity contribution in [3.05, 3.63) is 64.2 Å². The smallest absolute Gasteiger partial charge is 0.315 e. The fourth-order valence-electron chi connectivity index (χ4n) is 1.83. The minimum absolute atomic E-state index is 0.223. The first-order valence-corrected chi connectivity index (χ1v) is 6.45. The molecule has 98 valence electrons. The number of hydrogen-bond acceptors (Lipinski definition) is 2. The first-order valence-electron chi connectivity index (χ1n) is 6.07. The van der Waals surface area contributed by atoms with Crippen molar-refractivity contribution in [2.24, 2.45) is 0 Å². The normalized spacial score (nSPS) is 10.3. The third kappa shape index (κ3) is 3.83. The second-order valence-electron chi connectivity index (χ2n) is 4.54. The monoisotopic (exact) mass is 274 g/mol. The van der Waals surface area contributed by atoms with Gasteiger partial charge in [0.1, 0.15) is 5.75 Å². The van der Waals surface area contributed by atoms with Crippen LogP contribution in [-0.2, 0) is 11.2 Å². The third-order valence-corrected chi connectivity index (χ3v) is 3.10. The Morgan fingerprint density at radius 3 is 2.68 bits per heavy atom. The first kappa shape index (κ1) is 13.6. The molecule has 0 radical (unpaired) electrons. The molecule has 0 aromatic heterocycles. The van der Waals surface area contributed by atoms with Gasteiger partial charge in [-0.25, -0.2) is 0 Å². The molecule has 0 aliphatic carbocycles. The van der Waals surface area contributed by atoms with Crippen molar-refractivity contribution in [1.82, 2.24) is 0 Å². The average molecular weight is 275 g/mol. The molecule has 0 saturated carbocycles. The highest BCUT2D eigenvalue weighted by molar-refractivity contribution is 6.30. The molecule has 0 saturated heterocycles. The molecule has 2 aromatic rings. The molecule has 0 amide bonds. The van der Waals surface area contributed by atoms with Crippen LogP contribution in [-0.4, -0.2) is 5.97 Å². The maximum absolute atomic E-state index is 11.9. The molecule has 0 fully saturated rings. The summed E-state index contributed by atoms with van der Waals surface area (Å²) in [6, 6.07) is 12.9. The van der Waals surface area contributed by atoms with Crippen molar-refractivity contribution in [2.75, 3.05) is 0 Å². The van der Waals surface area contributed by atoms with Gasteiger partial charge in [-0.15, -0.1) is 0 Å².